The Labute approximate surface area is 200 Å². The average molecular weight is 492 g/mol. The Balaban J connectivity index is 1.32. The zero-order valence-corrected chi connectivity index (χ0v) is 19.2. The van der Waals surface area contributed by atoms with Crippen molar-refractivity contribution in [3.8, 4) is 17.6 Å². The van der Waals surface area contributed by atoms with Crippen LogP contribution in [0.4, 0.5) is 20.4 Å². The van der Waals surface area contributed by atoms with Crippen LogP contribution in [0.3, 0.4) is 0 Å². The lowest BCUT2D eigenvalue weighted by Crippen LogP contribution is -2.48. The largest absolute Gasteiger partial charge is 0.480 e. The Bertz CT molecular complexity index is 1130. The van der Waals surface area contributed by atoms with Gasteiger partial charge < -0.3 is 19.7 Å². The monoisotopic (exact) mass is 491 g/mol. The van der Waals surface area contributed by atoms with Gasteiger partial charge >= 0.3 is 6.01 Å². The van der Waals surface area contributed by atoms with Gasteiger partial charge in [-0.2, -0.15) is 10.1 Å². The fourth-order valence-electron chi connectivity index (χ4n) is 4.78. The number of hydrogen-bond acceptors (Lipinski definition) is 8. The van der Waals surface area contributed by atoms with Gasteiger partial charge in [0.1, 0.15) is 12.3 Å². The van der Waals surface area contributed by atoms with Gasteiger partial charge in [0, 0.05) is 30.2 Å². The maximum atomic E-state index is 13.2. The zero-order valence-electron chi connectivity index (χ0n) is 18.4. The second-order valence-electron chi connectivity index (χ2n) is 8.48. The molecule has 2 bridgehead atoms. The van der Waals surface area contributed by atoms with Crippen LogP contribution >= 0.6 is 11.6 Å². The lowest BCUT2D eigenvalue weighted by Gasteiger charge is -2.39. The molecule has 2 aliphatic rings. The molecule has 3 aromatic rings. The summed E-state index contributed by atoms with van der Waals surface area (Å²) in [6.45, 7) is 1.03. The molecular weight excluding hydrogens is 468 g/mol. The number of anilines is 2. The first-order valence-electron chi connectivity index (χ1n) is 11.0. The van der Waals surface area contributed by atoms with Crippen LogP contribution in [0.2, 0.25) is 5.02 Å². The van der Waals surface area contributed by atoms with Crippen molar-refractivity contribution in [1.82, 2.24) is 25.0 Å². The Morgan fingerprint density at radius 1 is 1.21 bits per heavy atom. The molecule has 0 amide bonds. The quantitative estimate of drug-likeness (QED) is 0.503. The Kier molecular flexibility index (Phi) is 6.36. The number of nitrogens with zero attached hydrogens (tertiary/aromatic N) is 6. The van der Waals surface area contributed by atoms with Crippen LogP contribution < -0.4 is 19.7 Å². The van der Waals surface area contributed by atoms with E-state index in [4.69, 9.17) is 21.1 Å². The van der Waals surface area contributed by atoms with Gasteiger partial charge in [0.2, 0.25) is 11.8 Å². The number of hydrogen-bond donors (Lipinski definition) is 1. The highest BCUT2D eigenvalue weighted by molar-refractivity contribution is 6.30. The van der Waals surface area contributed by atoms with E-state index >= 15 is 0 Å². The number of nitrogens with one attached hydrogen (secondary N) is 1. The van der Waals surface area contributed by atoms with E-state index < -0.39 is 13.0 Å². The second kappa shape index (κ2) is 9.57. The maximum absolute atomic E-state index is 13.2. The third kappa shape index (κ3) is 4.84. The second-order valence-corrected chi connectivity index (χ2v) is 8.92. The highest BCUT2D eigenvalue weighted by Gasteiger charge is 2.43. The molecule has 0 unspecified atom stereocenters. The van der Waals surface area contributed by atoms with Crippen molar-refractivity contribution in [2.75, 3.05) is 30.4 Å². The minimum absolute atomic E-state index is 0.00944. The predicted molar refractivity (Wildman–Crippen MR) is 122 cm³/mol. The molecule has 1 saturated carbocycles. The van der Waals surface area contributed by atoms with Gasteiger partial charge in [-0.15, -0.1) is 10.2 Å². The van der Waals surface area contributed by atoms with Gasteiger partial charge in [0.25, 0.3) is 6.43 Å². The van der Waals surface area contributed by atoms with E-state index in [2.05, 4.69) is 30.5 Å². The molecule has 2 atom stereocenters. The molecule has 180 valence electrons. The van der Waals surface area contributed by atoms with E-state index in [-0.39, 0.29) is 18.0 Å². The molecule has 3 heterocycles. The van der Waals surface area contributed by atoms with Crippen LogP contribution in [0.25, 0.3) is 0 Å². The first-order chi connectivity index (χ1) is 16.5. The van der Waals surface area contributed by atoms with Gasteiger partial charge in [-0.25, -0.2) is 13.5 Å². The summed E-state index contributed by atoms with van der Waals surface area (Å²) in [5.41, 5.74) is 0.971. The highest BCUT2D eigenvalue weighted by Crippen LogP contribution is 2.40. The molecule has 9 nitrogen and oxygen atoms in total. The maximum Gasteiger partial charge on any atom is 0.322 e. The zero-order chi connectivity index (χ0) is 23.7. The molecular formula is C22H24ClF2N7O2. The number of benzene rings is 1. The molecule has 0 spiro atoms. The number of methoxy groups -OCH3 is 1. The summed E-state index contributed by atoms with van der Waals surface area (Å²) in [7, 11) is 1.57. The van der Waals surface area contributed by atoms with Crippen LogP contribution in [0, 0.1) is 11.8 Å². The molecule has 0 radical (unpaired) electrons. The van der Waals surface area contributed by atoms with Crippen LogP contribution in [0.15, 0.2) is 36.5 Å². The van der Waals surface area contributed by atoms with E-state index in [1.807, 2.05) is 6.07 Å². The number of halogens is 3. The van der Waals surface area contributed by atoms with Crippen molar-refractivity contribution in [3.05, 3.63) is 41.6 Å². The topological polar surface area (TPSA) is 90.2 Å². The molecule has 1 aromatic carbocycles. The standard InChI is InChI=1S/C22H24ClF2N7O2/c1-33-19-8-16(9-26-29-19)31-10-13-5-6-14(11-31)20(13)27-21-28-22(32(30-21)12-18(24)25)34-17-4-2-3-15(23)7-17/h2-4,7-9,13-14,18,20H,5-6,10-12H2,1H3,(H,27,30)/t13-,14-/m0/s1. The lowest BCUT2D eigenvalue weighted by atomic mass is 9.92. The Hall–Kier alpha value is -3.21. The molecule has 1 N–H and O–H groups in total. The Morgan fingerprint density at radius 2 is 2.00 bits per heavy atom. The summed E-state index contributed by atoms with van der Waals surface area (Å²) in [5.74, 6) is 1.85. The van der Waals surface area contributed by atoms with Crippen LogP contribution in [-0.4, -0.2) is 57.6 Å². The van der Waals surface area contributed by atoms with E-state index in [0.29, 0.717) is 28.5 Å². The molecule has 5 rings (SSSR count). The van der Waals surface area contributed by atoms with E-state index in [0.717, 1.165) is 36.3 Å². The number of rotatable bonds is 8. The third-order valence-electron chi connectivity index (χ3n) is 6.28. The summed E-state index contributed by atoms with van der Waals surface area (Å²) >= 11 is 6.01. The number of aromatic nitrogens is 5. The van der Waals surface area contributed by atoms with Gasteiger partial charge in [-0.1, -0.05) is 17.7 Å². The van der Waals surface area contributed by atoms with Crippen molar-refractivity contribution in [3.63, 3.8) is 0 Å². The molecule has 1 aliphatic heterocycles. The summed E-state index contributed by atoms with van der Waals surface area (Å²) < 4.78 is 38.3. The SMILES string of the molecule is COc1cc(N2C[C@@H]3CC[C@@H](C2)C3Nc2nc(Oc3cccc(Cl)c3)n(CC(F)F)n2)cnn1. The molecule has 34 heavy (non-hydrogen) atoms. The summed E-state index contributed by atoms with van der Waals surface area (Å²) in [5, 5.41) is 16.1. The fourth-order valence-corrected chi connectivity index (χ4v) is 4.96. The van der Waals surface area contributed by atoms with Gasteiger partial charge in [-0.05, 0) is 42.9 Å². The molecule has 12 heteroatoms. The lowest BCUT2D eigenvalue weighted by molar-refractivity contribution is 0.118. The molecule has 2 aromatic heterocycles. The number of fused-ring (bicyclic) bond motifs is 2. The first kappa shape index (κ1) is 22.6. The van der Waals surface area contributed by atoms with Crippen molar-refractivity contribution in [2.24, 2.45) is 11.8 Å². The first-order valence-corrected chi connectivity index (χ1v) is 11.4. The Morgan fingerprint density at radius 3 is 2.71 bits per heavy atom. The molecule has 1 aliphatic carbocycles. The fraction of sp³-hybridized carbons (Fsp3) is 0.455. The van der Waals surface area contributed by atoms with Gasteiger partial charge in [-0.3, -0.25) is 0 Å². The smallest absolute Gasteiger partial charge is 0.322 e. The highest BCUT2D eigenvalue weighted by atomic mass is 35.5. The van der Waals surface area contributed by atoms with Crippen molar-refractivity contribution >= 4 is 23.2 Å². The minimum atomic E-state index is -2.60. The van der Waals surface area contributed by atoms with Crippen molar-refractivity contribution in [2.45, 2.75) is 31.9 Å². The summed E-state index contributed by atoms with van der Waals surface area (Å²) in [6, 6.07) is 8.69. The van der Waals surface area contributed by atoms with Gasteiger partial charge in [0.15, 0.2) is 0 Å². The normalized spacial score (nSPS) is 21.7. The minimum Gasteiger partial charge on any atom is -0.480 e. The van der Waals surface area contributed by atoms with Crippen LogP contribution in [-0.2, 0) is 6.54 Å². The van der Waals surface area contributed by atoms with E-state index in [1.54, 1.807) is 37.6 Å². The summed E-state index contributed by atoms with van der Waals surface area (Å²) in [4.78, 5) is 6.66. The van der Waals surface area contributed by atoms with E-state index in [1.165, 1.54) is 0 Å². The van der Waals surface area contributed by atoms with E-state index in [9.17, 15) is 8.78 Å². The average Bonchev–Trinajstić information content (AvgIpc) is 3.27. The summed E-state index contributed by atoms with van der Waals surface area (Å²) in [6.07, 6.45) is 1.25. The molecule has 2 fully saturated rings. The predicted octanol–water partition coefficient (Wildman–Crippen LogP) is 4.11. The number of alkyl halides is 2. The van der Waals surface area contributed by atoms with Crippen LogP contribution in [0.5, 0.6) is 17.6 Å². The van der Waals surface area contributed by atoms with Crippen LogP contribution in [0.1, 0.15) is 12.8 Å². The van der Waals surface area contributed by atoms with Crippen molar-refractivity contribution in [1.29, 1.82) is 0 Å². The number of piperidine rings is 1. The molecule has 1 saturated heterocycles. The van der Waals surface area contributed by atoms with Crippen molar-refractivity contribution < 1.29 is 18.3 Å². The third-order valence-corrected chi connectivity index (χ3v) is 6.51. The number of ether oxygens (including phenoxy) is 2. The van der Waals surface area contributed by atoms with Gasteiger partial charge in [0.05, 0.1) is 19.0 Å².